The van der Waals surface area contributed by atoms with Crippen LogP contribution in [0.5, 0.6) is 0 Å². The van der Waals surface area contributed by atoms with Crippen molar-refractivity contribution in [3.05, 3.63) is 0 Å². The third-order valence-electron chi connectivity index (χ3n) is 3.33. The minimum atomic E-state index is -0.0542. The molecule has 0 aromatic heterocycles. The molecule has 1 aliphatic carbocycles. The molecule has 15 heavy (non-hydrogen) atoms. The molecule has 0 aromatic rings. The average molecular weight is 230 g/mol. The van der Waals surface area contributed by atoms with Crippen molar-refractivity contribution >= 4 is 17.7 Å². The standard InChI is InChI=1S/C11H22N2OS/c1-8(11(14)13-12)9(2)15-7-10-5-3-4-6-10/h8-10H,3-7,12H2,1-2H3,(H,13,14). The van der Waals surface area contributed by atoms with Crippen LogP contribution >= 0.6 is 11.8 Å². The van der Waals surface area contributed by atoms with E-state index in [1.165, 1.54) is 31.4 Å². The van der Waals surface area contributed by atoms with Gasteiger partial charge in [0.15, 0.2) is 0 Å². The van der Waals surface area contributed by atoms with Gasteiger partial charge in [0.05, 0.1) is 0 Å². The summed E-state index contributed by atoms with van der Waals surface area (Å²) in [4.78, 5) is 11.3. The van der Waals surface area contributed by atoms with E-state index in [2.05, 4.69) is 12.3 Å². The maximum absolute atomic E-state index is 11.3. The third kappa shape index (κ3) is 4.03. The molecule has 0 aliphatic heterocycles. The number of hydrazine groups is 1. The van der Waals surface area contributed by atoms with Crippen molar-refractivity contribution in [3.63, 3.8) is 0 Å². The van der Waals surface area contributed by atoms with Gasteiger partial charge >= 0.3 is 0 Å². The van der Waals surface area contributed by atoms with E-state index >= 15 is 0 Å². The number of hydrogen-bond donors (Lipinski definition) is 2. The van der Waals surface area contributed by atoms with E-state index in [-0.39, 0.29) is 11.8 Å². The highest BCUT2D eigenvalue weighted by molar-refractivity contribution is 7.99. The zero-order valence-electron chi connectivity index (χ0n) is 9.66. The van der Waals surface area contributed by atoms with Gasteiger partial charge in [0.1, 0.15) is 0 Å². The molecule has 1 amide bonds. The number of hydrogen-bond acceptors (Lipinski definition) is 3. The molecule has 1 saturated carbocycles. The summed E-state index contributed by atoms with van der Waals surface area (Å²) in [5.74, 6) is 7.15. The topological polar surface area (TPSA) is 55.1 Å². The molecule has 0 radical (unpaired) electrons. The van der Waals surface area contributed by atoms with Crippen LogP contribution in [0.2, 0.25) is 0 Å². The van der Waals surface area contributed by atoms with Crippen molar-refractivity contribution in [1.29, 1.82) is 0 Å². The van der Waals surface area contributed by atoms with Crippen LogP contribution in [0.3, 0.4) is 0 Å². The number of carbonyl (C=O) groups excluding carboxylic acids is 1. The highest BCUT2D eigenvalue weighted by atomic mass is 32.2. The molecule has 0 heterocycles. The van der Waals surface area contributed by atoms with Gasteiger partial charge in [-0.05, 0) is 24.5 Å². The molecule has 3 N–H and O–H groups in total. The predicted molar refractivity (Wildman–Crippen MR) is 65.4 cm³/mol. The molecule has 2 atom stereocenters. The molecular formula is C11H22N2OS. The van der Waals surface area contributed by atoms with E-state index in [4.69, 9.17) is 5.84 Å². The second-order valence-corrected chi connectivity index (χ2v) is 5.90. The molecule has 0 spiro atoms. The fourth-order valence-electron chi connectivity index (χ4n) is 1.95. The van der Waals surface area contributed by atoms with E-state index in [0.717, 1.165) is 5.92 Å². The maximum atomic E-state index is 11.3. The summed E-state index contributed by atoms with van der Waals surface area (Å²) in [5, 5.41) is 0.356. The van der Waals surface area contributed by atoms with Crippen LogP contribution in [-0.4, -0.2) is 16.9 Å². The Hall–Kier alpha value is -0.220. The molecule has 1 fully saturated rings. The largest absolute Gasteiger partial charge is 0.294 e. The third-order valence-corrected chi connectivity index (χ3v) is 4.93. The number of amides is 1. The normalized spacial score (nSPS) is 21.3. The van der Waals surface area contributed by atoms with Gasteiger partial charge in [-0.3, -0.25) is 10.2 Å². The van der Waals surface area contributed by atoms with Crippen molar-refractivity contribution in [3.8, 4) is 0 Å². The second-order valence-electron chi connectivity index (χ2n) is 4.49. The van der Waals surface area contributed by atoms with Crippen molar-refractivity contribution < 1.29 is 4.79 Å². The fourth-order valence-corrected chi connectivity index (χ4v) is 3.28. The summed E-state index contributed by atoms with van der Waals surface area (Å²) in [7, 11) is 0. The van der Waals surface area contributed by atoms with E-state index in [0.29, 0.717) is 5.25 Å². The molecule has 2 unspecified atom stereocenters. The number of nitrogens with one attached hydrogen (secondary N) is 1. The molecule has 1 aliphatic rings. The molecule has 1 rings (SSSR count). The zero-order chi connectivity index (χ0) is 11.3. The molecular weight excluding hydrogens is 208 g/mol. The first kappa shape index (κ1) is 12.8. The first-order chi connectivity index (χ1) is 7.15. The first-order valence-corrected chi connectivity index (χ1v) is 6.82. The van der Waals surface area contributed by atoms with Gasteiger partial charge in [-0.15, -0.1) is 0 Å². The molecule has 3 nitrogen and oxygen atoms in total. The maximum Gasteiger partial charge on any atom is 0.237 e. The Kier molecular flexibility index (Phi) is 5.47. The van der Waals surface area contributed by atoms with Crippen LogP contribution in [0, 0.1) is 11.8 Å². The SMILES string of the molecule is CC(SCC1CCCC1)C(C)C(=O)NN. The number of thioether (sulfide) groups is 1. The minimum Gasteiger partial charge on any atom is -0.294 e. The Bertz CT molecular complexity index is 205. The van der Waals surface area contributed by atoms with Crippen molar-refractivity contribution in [2.75, 3.05) is 5.75 Å². The summed E-state index contributed by atoms with van der Waals surface area (Å²) < 4.78 is 0. The molecule has 0 saturated heterocycles. The second kappa shape index (κ2) is 6.38. The summed E-state index contributed by atoms with van der Waals surface area (Å²) in [6.45, 7) is 4.05. The van der Waals surface area contributed by atoms with E-state index in [9.17, 15) is 4.79 Å². The smallest absolute Gasteiger partial charge is 0.237 e. The minimum absolute atomic E-state index is 0.00130. The summed E-state index contributed by atoms with van der Waals surface area (Å²) in [6, 6.07) is 0. The van der Waals surface area contributed by atoms with Gasteiger partial charge in [0, 0.05) is 11.2 Å². The lowest BCUT2D eigenvalue weighted by Crippen LogP contribution is -2.38. The Balaban J connectivity index is 2.22. The Labute approximate surface area is 96.5 Å². The lowest BCUT2D eigenvalue weighted by Gasteiger charge is -2.19. The monoisotopic (exact) mass is 230 g/mol. The van der Waals surface area contributed by atoms with Crippen LogP contribution in [0.25, 0.3) is 0 Å². The van der Waals surface area contributed by atoms with Crippen LogP contribution in [0.15, 0.2) is 0 Å². The average Bonchev–Trinajstić information content (AvgIpc) is 2.76. The predicted octanol–water partition coefficient (Wildman–Crippen LogP) is 1.92. The van der Waals surface area contributed by atoms with Gasteiger partial charge in [-0.25, -0.2) is 5.84 Å². The molecule has 0 aromatic carbocycles. The van der Waals surface area contributed by atoms with Gasteiger partial charge in [0.2, 0.25) is 5.91 Å². The molecule has 0 bridgehead atoms. The van der Waals surface area contributed by atoms with Crippen LogP contribution in [-0.2, 0) is 4.79 Å². The lowest BCUT2D eigenvalue weighted by molar-refractivity contribution is -0.124. The number of rotatable bonds is 5. The quantitative estimate of drug-likeness (QED) is 0.431. The van der Waals surface area contributed by atoms with Crippen LogP contribution in [0.1, 0.15) is 39.5 Å². The Morgan fingerprint density at radius 2 is 2.07 bits per heavy atom. The fraction of sp³-hybridized carbons (Fsp3) is 0.909. The summed E-state index contributed by atoms with van der Waals surface area (Å²) in [6.07, 6.45) is 5.52. The summed E-state index contributed by atoms with van der Waals surface area (Å²) in [5.41, 5.74) is 2.22. The van der Waals surface area contributed by atoms with Crippen LogP contribution < -0.4 is 11.3 Å². The lowest BCUT2D eigenvalue weighted by atomic mass is 10.1. The molecule has 4 heteroatoms. The van der Waals surface area contributed by atoms with E-state index in [1.807, 2.05) is 18.7 Å². The number of nitrogens with two attached hydrogens (primary N) is 1. The van der Waals surface area contributed by atoms with Gasteiger partial charge in [-0.1, -0.05) is 26.7 Å². The van der Waals surface area contributed by atoms with Crippen molar-refractivity contribution in [2.45, 2.75) is 44.8 Å². The van der Waals surface area contributed by atoms with Crippen molar-refractivity contribution in [1.82, 2.24) is 5.43 Å². The van der Waals surface area contributed by atoms with Crippen LogP contribution in [0.4, 0.5) is 0 Å². The highest BCUT2D eigenvalue weighted by Gasteiger charge is 2.22. The Morgan fingerprint density at radius 3 is 2.60 bits per heavy atom. The van der Waals surface area contributed by atoms with E-state index < -0.39 is 0 Å². The summed E-state index contributed by atoms with van der Waals surface area (Å²) >= 11 is 1.91. The van der Waals surface area contributed by atoms with E-state index in [1.54, 1.807) is 0 Å². The molecule has 88 valence electrons. The Morgan fingerprint density at radius 1 is 1.47 bits per heavy atom. The van der Waals surface area contributed by atoms with Gasteiger partial charge in [0.25, 0.3) is 0 Å². The first-order valence-electron chi connectivity index (χ1n) is 5.77. The van der Waals surface area contributed by atoms with Gasteiger partial charge in [-0.2, -0.15) is 11.8 Å². The zero-order valence-corrected chi connectivity index (χ0v) is 10.5. The number of carbonyl (C=O) groups is 1. The van der Waals surface area contributed by atoms with Crippen molar-refractivity contribution in [2.24, 2.45) is 17.7 Å². The highest BCUT2D eigenvalue weighted by Crippen LogP contribution is 2.30. The van der Waals surface area contributed by atoms with Gasteiger partial charge < -0.3 is 0 Å².